The number of carbonyl (C=O) groups excluding carboxylic acids is 2. The molecule has 0 radical (unpaired) electrons. The molecule has 2 N–H and O–H groups in total. The Hall–Kier alpha value is -3.03. The second kappa shape index (κ2) is 8.37. The van der Waals surface area contributed by atoms with Crippen molar-refractivity contribution in [2.75, 3.05) is 17.7 Å². The number of benzene rings is 2. The van der Waals surface area contributed by atoms with Crippen LogP contribution in [0.4, 0.5) is 24.5 Å². The van der Waals surface area contributed by atoms with Gasteiger partial charge in [-0.25, -0.2) is 0 Å². The van der Waals surface area contributed by atoms with Crippen LogP contribution < -0.4 is 15.4 Å². The van der Waals surface area contributed by atoms with Gasteiger partial charge in [-0.1, -0.05) is 12.1 Å². The van der Waals surface area contributed by atoms with Crippen LogP contribution in [0.2, 0.25) is 0 Å². The maximum absolute atomic E-state index is 12.2. The van der Waals surface area contributed by atoms with E-state index in [0.29, 0.717) is 17.9 Å². The molecule has 8 heteroatoms. The predicted molar refractivity (Wildman–Crippen MR) is 91.1 cm³/mol. The molecule has 2 aromatic rings. The Labute approximate surface area is 148 Å². The third-order valence-corrected chi connectivity index (χ3v) is 3.46. The van der Waals surface area contributed by atoms with Crippen molar-refractivity contribution in [1.29, 1.82) is 0 Å². The van der Waals surface area contributed by atoms with Gasteiger partial charge in [-0.05, 0) is 48.4 Å². The number of methoxy groups -OCH3 is 1. The zero-order valence-corrected chi connectivity index (χ0v) is 13.9. The van der Waals surface area contributed by atoms with E-state index in [4.69, 9.17) is 4.74 Å². The van der Waals surface area contributed by atoms with Crippen molar-refractivity contribution in [2.24, 2.45) is 0 Å². The van der Waals surface area contributed by atoms with Gasteiger partial charge in [0, 0.05) is 17.8 Å². The van der Waals surface area contributed by atoms with Gasteiger partial charge in [0.2, 0.25) is 5.91 Å². The lowest BCUT2D eigenvalue weighted by atomic mass is 10.1. The highest BCUT2D eigenvalue weighted by atomic mass is 19.4. The van der Waals surface area contributed by atoms with Crippen molar-refractivity contribution in [1.82, 2.24) is 0 Å². The van der Waals surface area contributed by atoms with E-state index in [2.05, 4.69) is 5.32 Å². The van der Waals surface area contributed by atoms with Gasteiger partial charge in [0.25, 0.3) is 0 Å². The number of hydrogen-bond donors (Lipinski definition) is 2. The lowest BCUT2D eigenvalue weighted by Crippen LogP contribution is -2.29. The van der Waals surface area contributed by atoms with Crippen molar-refractivity contribution >= 4 is 23.2 Å². The van der Waals surface area contributed by atoms with E-state index >= 15 is 0 Å². The summed E-state index contributed by atoms with van der Waals surface area (Å²) in [7, 11) is 1.56. The van der Waals surface area contributed by atoms with Gasteiger partial charge in [0.1, 0.15) is 5.75 Å². The average molecular weight is 366 g/mol. The Morgan fingerprint density at radius 2 is 1.62 bits per heavy atom. The molecule has 0 aliphatic heterocycles. The molecule has 5 nitrogen and oxygen atoms in total. The van der Waals surface area contributed by atoms with E-state index in [1.807, 2.05) is 24.3 Å². The second-order valence-electron chi connectivity index (χ2n) is 5.43. The van der Waals surface area contributed by atoms with Gasteiger partial charge in [-0.3, -0.25) is 9.59 Å². The molecule has 0 saturated heterocycles. The summed E-state index contributed by atoms with van der Waals surface area (Å²) in [4.78, 5) is 22.8. The van der Waals surface area contributed by atoms with Gasteiger partial charge in [-0.15, -0.1) is 0 Å². The lowest BCUT2D eigenvalue weighted by molar-refractivity contribution is -0.167. The zero-order chi connectivity index (χ0) is 19.2. The van der Waals surface area contributed by atoms with E-state index in [9.17, 15) is 22.8 Å². The molecule has 0 saturated carbocycles. The summed E-state index contributed by atoms with van der Waals surface area (Å²) in [5, 5.41) is 4.38. The summed E-state index contributed by atoms with van der Waals surface area (Å²) in [6, 6.07) is 12.7. The highest BCUT2D eigenvalue weighted by Crippen LogP contribution is 2.20. The van der Waals surface area contributed by atoms with Crippen LogP contribution in [0.25, 0.3) is 0 Å². The standard InChI is InChI=1S/C18H17F3N2O3/c1-26-15-4-2-3-12(11-15)5-10-16(24)22-13-6-8-14(9-7-13)23-17(25)18(19,20)21/h2-4,6-9,11H,5,10H2,1H3,(H,22,24)(H,23,25). The topological polar surface area (TPSA) is 67.4 Å². The largest absolute Gasteiger partial charge is 0.497 e. The normalized spacial score (nSPS) is 10.9. The molecular formula is C18H17F3N2O3. The smallest absolute Gasteiger partial charge is 0.471 e. The minimum absolute atomic E-state index is 0.0123. The second-order valence-corrected chi connectivity index (χ2v) is 5.43. The van der Waals surface area contributed by atoms with Crippen LogP contribution in [-0.2, 0) is 16.0 Å². The number of aryl methyl sites for hydroxylation is 1. The maximum Gasteiger partial charge on any atom is 0.471 e. The number of carbonyl (C=O) groups is 2. The Morgan fingerprint density at radius 1 is 1.00 bits per heavy atom. The van der Waals surface area contributed by atoms with Gasteiger partial charge in [-0.2, -0.15) is 13.2 Å². The minimum atomic E-state index is -4.95. The predicted octanol–water partition coefficient (Wildman–Crippen LogP) is 3.77. The molecule has 26 heavy (non-hydrogen) atoms. The van der Waals surface area contributed by atoms with Gasteiger partial charge in [0.15, 0.2) is 0 Å². The minimum Gasteiger partial charge on any atom is -0.497 e. The zero-order valence-electron chi connectivity index (χ0n) is 13.9. The Kier molecular flexibility index (Phi) is 6.21. The summed E-state index contributed by atoms with van der Waals surface area (Å²) in [5.41, 5.74) is 1.36. The highest BCUT2D eigenvalue weighted by Gasteiger charge is 2.38. The van der Waals surface area contributed by atoms with Gasteiger partial charge < -0.3 is 15.4 Å². The molecule has 0 spiro atoms. The number of alkyl halides is 3. The van der Waals surface area contributed by atoms with Crippen LogP contribution in [0.5, 0.6) is 5.75 Å². The van der Waals surface area contributed by atoms with E-state index in [1.54, 1.807) is 12.4 Å². The molecule has 0 aliphatic rings. The number of anilines is 2. The quantitative estimate of drug-likeness (QED) is 0.818. The summed E-state index contributed by atoms with van der Waals surface area (Å²) in [6.07, 6.45) is -4.20. The van der Waals surface area contributed by atoms with Crippen LogP contribution in [0.15, 0.2) is 48.5 Å². The summed E-state index contributed by atoms with van der Waals surface area (Å²) < 4.78 is 41.7. The number of rotatable bonds is 6. The van der Waals surface area contributed by atoms with E-state index in [0.717, 1.165) is 5.56 Å². The van der Waals surface area contributed by atoms with E-state index in [-0.39, 0.29) is 18.0 Å². The third-order valence-electron chi connectivity index (χ3n) is 3.46. The SMILES string of the molecule is COc1cccc(CCC(=O)Nc2ccc(NC(=O)C(F)(F)F)cc2)c1. The molecule has 0 aromatic heterocycles. The summed E-state index contributed by atoms with van der Waals surface area (Å²) in [6.45, 7) is 0. The van der Waals surface area contributed by atoms with Gasteiger partial charge >= 0.3 is 12.1 Å². The van der Waals surface area contributed by atoms with Crippen molar-refractivity contribution < 1.29 is 27.5 Å². The molecule has 2 amide bonds. The van der Waals surface area contributed by atoms with Crippen LogP contribution >= 0.6 is 0 Å². The molecule has 0 unspecified atom stereocenters. The molecule has 2 aromatic carbocycles. The van der Waals surface area contributed by atoms with E-state index in [1.165, 1.54) is 24.3 Å². The number of hydrogen-bond acceptors (Lipinski definition) is 3. The third kappa shape index (κ3) is 5.80. The molecule has 2 rings (SSSR count). The molecule has 0 atom stereocenters. The van der Waals surface area contributed by atoms with Crippen molar-refractivity contribution in [2.45, 2.75) is 19.0 Å². The number of ether oxygens (including phenoxy) is 1. The first-order chi connectivity index (χ1) is 12.3. The number of nitrogens with one attached hydrogen (secondary N) is 2. The molecule has 0 fully saturated rings. The fourth-order valence-corrected chi connectivity index (χ4v) is 2.15. The lowest BCUT2D eigenvalue weighted by Gasteiger charge is -2.09. The molecule has 0 bridgehead atoms. The Bertz CT molecular complexity index is 774. The summed E-state index contributed by atoms with van der Waals surface area (Å²) >= 11 is 0. The number of halogens is 3. The first-order valence-corrected chi connectivity index (χ1v) is 7.69. The molecule has 0 aliphatic carbocycles. The fourth-order valence-electron chi connectivity index (χ4n) is 2.15. The van der Waals surface area contributed by atoms with Crippen LogP contribution in [0, 0.1) is 0 Å². The first kappa shape index (κ1) is 19.3. The average Bonchev–Trinajstić information content (AvgIpc) is 2.61. The van der Waals surface area contributed by atoms with Crippen molar-refractivity contribution in [3.8, 4) is 5.75 Å². The molecule has 138 valence electrons. The maximum atomic E-state index is 12.2. The Morgan fingerprint density at radius 3 is 2.19 bits per heavy atom. The van der Waals surface area contributed by atoms with Crippen LogP contribution in [0.3, 0.4) is 0 Å². The van der Waals surface area contributed by atoms with Crippen molar-refractivity contribution in [3.63, 3.8) is 0 Å². The van der Waals surface area contributed by atoms with Crippen molar-refractivity contribution in [3.05, 3.63) is 54.1 Å². The Balaban J connectivity index is 1.86. The number of amides is 2. The highest BCUT2D eigenvalue weighted by molar-refractivity contribution is 5.95. The van der Waals surface area contributed by atoms with E-state index < -0.39 is 12.1 Å². The van der Waals surface area contributed by atoms with Crippen LogP contribution in [-0.4, -0.2) is 25.1 Å². The fraction of sp³-hybridized carbons (Fsp3) is 0.222. The van der Waals surface area contributed by atoms with Gasteiger partial charge in [0.05, 0.1) is 7.11 Å². The van der Waals surface area contributed by atoms with Crippen LogP contribution in [0.1, 0.15) is 12.0 Å². The molecular weight excluding hydrogens is 349 g/mol. The first-order valence-electron chi connectivity index (χ1n) is 7.69. The monoisotopic (exact) mass is 366 g/mol. The summed E-state index contributed by atoms with van der Waals surface area (Å²) in [5.74, 6) is -1.58. The molecule has 0 heterocycles.